The summed E-state index contributed by atoms with van der Waals surface area (Å²) in [5, 5.41) is 12.3. The van der Waals surface area contributed by atoms with Crippen LogP contribution in [0.2, 0.25) is 0 Å². The Morgan fingerprint density at radius 1 is 1.40 bits per heavy atom. The van der Waals surface area contributed by atoms with Crippen molar-refractivity contribution in [1.82, 2.24) is 5.32 Å². The van der Waals surface area contributed by atoms with Crippen molar-refractivity contribution < 1.29 is 9.50 Å². The molecule has 15 heavy (non-hydrogen) atoms. The summed E-state index contributed by atoms with van der Waals surface area (Å²) < 4.78 is 12.9. The lowest BCUT2D eigenvalue weighted by atomic mass is 10.1. The molecule has 0 saturated heterocycles. The normalized spacial score (nSPS) is 14.9. The minimum absolute atomic E-state index is 0.111. The molecule has 1 rings (SSSR count). The number of hydrogen-bond acceptors (Lipinski definition) is 2. The molecule has 0 fully saturated rings. The Hall–Kier alpha value is -0.930. The van der Waals surface area contributed by atoms with Crippen molar-refractivity contribution in [3.05, 3.63) is 35.6 Å². The maximum Gasteiger partial charge on any atom is 0.123 e. The van der Waals surface area contributed by atoms with E-state index in [0.29, 0.717) is 6.42 Å². The molecule has 3 heteroatoms. The standard InChI is InChI=1S/C12H18FNO/c1-9(15)6-7-14-10(2)11-4-3-5-12(13)8-11/h3-5,8-10,14-15H,6-7H2,1-2H3/t9?,10-/m1/s1. The van der Waals surface area contributed by atoms with E-state index in [1.54, 1.807) is 13.0 Å². The molecular formula is C12H18FNO. The second kappa shape index (κ2) is 5.83. The van der Waals surface area contributed by atoms with Gasteiger partial charge in [-0.2, -0.15) is 0 Å². The number of hydrogen-bond donors (Lipinski definition) is 2. The van der Waals surface area contributed by atoms with Gasteiger partial charge in [0.2, 0.25) is 0 Å². The Balaban J connectivity index is 2.43. The molecular weight excluding hydrogens is 193 g/mol. The van der Waals surface area contributed by atoms with Gasteiger partial charge in [0, 0.05) is 6.04 Å². The lowest BCUT2D eigenvalue weighted by Gasteiger charge is -2.14. The van der Waals surface area contributed by atoms with Crippen LogP contribution in [0.5, 0.6) is 0 Å². The number of aliphatic hydroxyl groups excluding tert-OH is 1. The summed E-state index contributed by atoms with van der Waals surface area (Å²) in [6.07, 6.45) is 0.414. The first-order valence-corrected chi connectivity index (χ1v) is 5.26. The Morgan fingerprint density at radius 3 is 2.73 bits per heavy atom. The fraction of sp³-hybridized carbons (Fsp3) is 0.500. The molecule has 1 aromatic carbocycles. The van der Waals surface area contributed by atoms with E-state index < -0.39 is 0 Å². The summed E-state index contributed by atoms with van der Waals surface area (Å²) in [5.41, 5.74) is 0.931. The summed E-state index contributed by atoms with van der Waals surface area (Å²) >= 11 is 0. The third kappa shape index (κ3) is 4.40. The van der Waals surface area contributed by atoms with Crippen LogP contribution in [-0.4, -0.2) is 17.8 Å². The Kier molecular flexibility index (Phi) is 4.72. The van der Waals surface area contributed by atoms with E-state index in [0.717, 1.165) is 12.1 Å². The second-order valence-corrected chi connectivity index (χ2v) is 3.87. The molecule has 1 aromatic rings. The molecule has 0 spiro atoms. The van der Waals surface area contributed by atoms with E-state index in [-0.39, 0.29) is 18.0 Å². The van der Waals surface area contributed by atoms with Crippen molar-refractivity contribution in [2.45, 2.75) is 32.4 Å². The Bertz CT molecular complexity index is 301. The van der Waals surface area contributed by atoms with Crippen molar-refractivity contribution in [2.75, 3.05) is 6.54 Å². The average Bonchev–Trinajstić information content (AvgIpc) is 2.17. The van der Waals surface area contributed by atoms with Gasteiger partial charge in [0.05, 0.1) is 6.10 Å². The summed E-state index contributed by atoms with van der Waals surface area (Å²) in [5.74, 6) is -0.211. The molecule has 2 atom stereocenters. The molecule has 0 saturated carbocycles. The molecule has 0 aliphatic rings. The molecule has 0 aliphatic carbocycles. The number of rotatable bonds is 5. The molecule has 2 nitrogen and oxygen atoms in total. The smallest absolute Gasteiger partial charge is 0.123 e. The molecule has 2 N–H and O–H groups in total. The quantitative estimate of drug-likeness (QED) is 0.783. The van der Waals surface area contributed by atoms with Crippen LogP contribution in [-0.2, 0) is 0 Å². The molecule has 0 aromatic heterocycles. The van der Waals surface area contributed by atoms with E-state index in [9.17, 15) is 4.39 Å². The number of aliphatic hydroxyl groups is 1. The largest absolute Gasteiger partial charge is 0.393 e. The predicted octanol–water partition coefficient (Wildman–Crippen LogP) is 2.25. The maximum absolute atomic E-state index is 12.9. The highest BCUT2D eigenvalue weighted by atomic mass is 19.1. The van der Waals surface area contributed by atoms with Gasteiger partial charge in [0.25, 0.3) is 0 Å². The summed E-state index contributed by atoms with van der Waals surface area (Å²) in [6.45, 7) is 4.47. The van der Waals surface area contributed by atoms with Crippen LogP contribution in [0.15, 0.2) is 24.3 Å². The molecule has 1 unspecified atom stereocenters. The number of nitrogens with one attached hydrogen (secondary N) is 1. The van der Waals surface area contributed by atoms with Crippen LogP contribution in [0.1, 0.15) is 31.9 Å². The van der Waals surface area contributed by atoms with E-state index in [4.69, 9.17) is 5.11 Å². The summed E-state index contributed by atoms with van der Waals surface area (Å²) in [4.78, 5) is 0. The van der Waals surface area contributed by atoms with Crippen LogP contribution < -0.4 is 5.32 Å². The first-order valence-electron chi connectivity index (χ1n) is 5.26. The molecule has 0 amide bonds. The zero-order chi connectivity index (χ0) is 11.3. The topological polar surface area (TPSA) is 32.3 Å². The van der Waals surface area contributed by atoms with Gasteiger partial charge in [0.1, 0.15) is 5.82 Å². The van der Waals surface area contributed by atoms with Gasteiger partial charge in [-0.05, 0) is 44.5 Å². The minimum Gasteiger partial charge on any atom is -0.393 e. The van der Waals surface area contributed by atoms with Crippen LogP contribution in [0.3, 0.4) is 0 Å². The Labute approximate surface area is 90.1 Å². The van der Waals surface area contributed by atoms with E-state index in [1.165, 1.54) is 12.1 Å². The predicted molar refractivity (Wildman–Crippen MR) is 59.1 cm³/mol. The highest BCUT2D eigenvalue weighted by Crippen LogP contribution is 2.13. The number of halogens is 1. The Morgan fingerprint density at radius 2 is 2.13 bits per heavy atom. The molecule has 0 bridgehead atoms. The fourth-order valence-electron chi connectivity index (χ4n) is 1.40. The molecule has 0 radical (unpaired) electrons. The van der Waals surface area contributed by atoms with Crippen LogP contribution in [0.4, 0.5) is 4.39 Å². The maximum atomic E-state index is 12.9. The van der Waals surface area contributed by atoms with Crippen molar-refractivity contribution in [1.29, 1.82) is 0 Å². The third-order valence-corrected chi connectivity index (χ3v) is 2.36. The molecule has 0 aliphatic heterocycles. The van der Waals surface area contributed by atoms with Gasteiger partial charge in [-0.1, -0.05) is 12.1 Å². The zero-order valence-electron chi connectivity index (χ0n) is 9.20. The van der Waals surface area contributed by atoms with Crippen molar-refractivity contribution in [3.63, 3.8) is 0 Å². The van der Waals surface area contributed by atoms with Crippen molar-refractivity contribution in [3.8, 4) is 0 Å². The summed E-state index contributed by atoms with van der Waals surface area (Å²) in [7, 11) is 0. The summed E-state index contributed by atoms with van der Waals surface area (Å²) in [6, 6.07) is 6.67. The van der Waals surface area contributed by atoms with E-state index >= 15 is 0 Å². The van der Waals surface area contributed by atoms with Gasteiger partial charge < -0.3 is 10.4 Å². The first kappa shape index (κ1) is 12.1. The lowest BCUT2D eigenvalue weighted by molar-refractivity contribution is 0.182. The highest BCUT2D eigenvalue weighted by Gasteiger charge is 2.05. The SMILES string of the molecule is CC(O)CCN[C@H](C)c1cccc(F)c1. The first-order chi connectivity index (χ1) is 7.09. The molecule has 0 heterocycles. The lowest BCUT2D eigenvalue weighted by Crippen LogP contribution is -2.22. The van der Waals surface area contributed by atoms with Crippen LogP contribution in [0.25, 0.3) is 0 Å². The number of benzene rings is 1. The second-order valence-electron chi connectivity index (χ2n) is 3.87. The fourth-order valence-corrected chi connectivity index (χ4v) is 1.40. The van der Waals surface area contributed by atoms with E-state index in [2.05, 4.69) is 5.32 Å². The minimum atomic E-state index is -0.294. The van der Waals surface area contributed by atoms with E-state index in [1.807, 2.05) is 13.0 Å². The van der Waals surface area contributed by atoms with Crippen molar-refractivity contribution in [2.24, 2.45) is 0 Å². The van der Waals surface area contributed by atoms with Gasteiger partial charge in [-0.3, -0.25) is 0 Å². The zero-order valence-corrected chi connectivity index (χ0v) is 9.20. The van der Waals surface area contributed by atoms with Gasteiger partial charge in [0.15, 0.2) is 0 Å². The molecule has 84 valence electrons. The van der Waals surface area contributed by atoms with Gasteiger partial charge in [-0.25, -0.2) is 4.39 Å². The highest BCUT2D eigenvalue weighted by molar-refractivity contribution is 5.19. The average molecular weight is 211 g/mol. The third-order valence-electron chi connectivity index (χ3n) is 2.36. The van der Waals surface area contributed by atoms with Crippen LogP contribution >= 0.6 is 0 Å². The van der Waals surface area contributed by atoms with Gasteiger partial charge in [-0.15, -0.1) is 0 Å². The van der Waals surface area contributed by atoms with Crippen molar-refractivity contribution >= 4 is 0 Å². The van der Waals surface area contributed by atoms with Gasteiger partial charge >= 0.3 is 0 Å². The monoisotopic (exact) mass is 211 g/mol. The van der Waals surface area contributed by atoms with Crippen LogP contribution in [0, 0.1) is 5.82 Å².